The number of nitrogens with one attached hydrogen (secondary N) is 1. The van der Waals surface area contributed by atoms with Crippen molar-refractivity contribution >= 4 is 29.2 Å². The highest BCUT2D eigenvalue weighted by Crippen LogP contribution is 2.34. The van der Waals surface area contributed by atoms with E-state index in [-0.39, 0.29) is 16.4 Å². The molecule has 18 heavy (non-hydrogen) atoms. The Hall–Kier alpha value is -2.22. The molecule has 1 aromatic carbocycles. The Balaban J connectivity index is 3.26. The van der Waals surface area contributed by atoms with Gasteiger partial charge >= 0.3 is 5.69 Å². The van der Waals surface area contributed by atoms with Crippen molar-refractivity contribution in [3.63, 3.8) is 0 Å². The van der Waals surface area contributed by atoms with Crippen LogP contribution in [0.4, 0.5) is 5.69 Å². The van der Waals surface area contributed by atoms with Crippen LogP contribution in [0.1, 0.15) is 16.7 Å². The maximum atomic E-state index is 10.9. The molecule has 0 heterocycles. The van der Waals surface area contributed by atoms with Gasteiger partial charge in [0.1, 0.15) is 0 Å². The molecule has 0 bridgehead atoms. The minimum Gasteiger partial charge on any atom is -0.502 e. The highest BCUT2D eigenvalue weighted by molar-refractivity contribution is 7.80. The zero-order valence-corrected chi connectivity index (χ0v) is 10.6. The predicted octanol–water partition coefficient (Wildman–Crippen LogP) is 1.08. The van der Waals surface area contributed by atoms with Crippen molar-refractivity contribution in [2.75, 3.05) is 0 Å². The fraction of sp³-hybridized carbons (Fsp3) is 0.200. The Bertz CT molecular complexity index is 542. The second-order valence-electron chi connectivity index (χ2n) is 3.60. The summed E-state index contributed by atoms with van der Waals surface area (Å²) in [7, 11) is 0. The van der Waals surface area contributed by atoms with E-state index < -0.39 is 10.7 Å². The number of nitro groups is 1. The van der Waals surface area contributed by atoms with E-state index in [0.717, 1.165) is 0 Å². The summed E-state index contributed by atoms with van der Waals surface area (Å²) in [6.45, 7) is 3.28. The Kier molecular flexibility index (Phi) is 4.16. The van der Waals surface area contributed by atoms with E-state index in [1.165, 1.54) is 6.21 Å². The predicted molar refractivity (Wildman–Crippen MR) is 71.8 cm³/mol. The van der Waals surface area contributed by atoms with Crippen molar-refractivity contribution in [1.29, 1.82) is 0 Å². The average Bonchev–Trinajstić information content (AvgIpc) is 2.24. The molecule has 0 spiro atoms. The Labute approximate surface area is 108 Å². The summed E-state index contributed by atoms with van der Waals surface area (Å²) in [5.74, 6) is -0.434. The van der Waals surface area contributed by atoms with Gasteiger partial charge in [0, 0.05) is 11.1 Å². The number of nitro benzene ring substituents is 1. The van der Waals surface area contributed by atoms with Crippen LogP contribution in [-0.4, -0.2) is 21.4 Å². The molecule has 8 heteroatoms. The van der Waals surface area contributed by atoms with Gasteiger partial charge in [-0.05, 0) is 37.7 Å². The van der Waals surface area contributed by atoms with Gasteiger partial charge in [0.2, 0.25) is 5.75 Å². The number of phenolic OH excluding ortho intramolecular Hbond substituents is 1. The molecule has 0 atom stereocenters. The Morgan fingerprint density at radius 3 is 2.78 bits per heavy atom. The van der Waals surface area contributed by atoms with Crippen molar-refractivity contribution in [3.8, 4) is 5.75 Å². The number of rotatable bonds is 3. The lowest BCUT2D eigenvalue weighted by molar-refractivity contribution is -0.386. The first-order valence-electron chi connectivity index (χ1n) is 4.90. The first kappa shape index (κ1) is 13.8. The van der Waals surface area contributed by atoms with Crippen LogP contribution >= 0.6 is 12.2 Å². The number of benzene rings is 1. The monoisotopic (exact) mass is 268 g/mol. The third-order valence-corrected chi connectivity index (χ3v) is 2.47. The highest BCUT2D eigenvalue weighted by atomic mass is 32.1. The molecular weight excluding hydrogens is 256 g/mol. The lowest BCUT2D eigenvalue weighted by atomic mass is 10.0. The van der Waals surface area contributed by atoms with Crippen LogP contribution < -0.4 is 11.2 Å². The fourth-order valence-electron chi connectivity index (χ4n) is 1.40. The maximum absolute atomic E-state index is 10.9. The summed E-state index contributed by atoms with van der Waals surface area (Å²) in [5, 5.41) is 24.3. The fourth-order valence-corrected chi connectivity index (χ4v) is 1.45. The van der Waals surface area contributed by atoms with Crippen molar-refractivity contribution in [3.05, 3.63) is 32.9 Å². The summed E-state index contributed by atoms with van der Waals surface area (Å²) in [4.78, 5) is 10.2. The first-order chi connectivity index (χ1) is 8.34. The van der Waals surface area contributed by atoms with Crippen molar-refractivity contribution in [2.45, 2.75) is 13.8 Å². The third kappa shape index (κ3) is 2.92. The van der Waals surface area contributed by atoms with Gasteiger partial charge in [-0.1, -0.05) is 0 Å². The number of hydrogen-bond donors (Lipinski definition) is 3. The highest BCUT2D eigenvalue weighted by Gasteiger charge is 2.21. The van der Waals surface area contributed by atoms with Gasteiger partial charge in [-0.3, -0.25) is 15.5 Å². The van der Waals surface area contributed by atoms with Gasteiger partial charge in [-0.2, -0.15) is 5.10 Å². The molecule has 0 saturated carbocycles. The molecule has 96 valence electrons. The van der Waals surface area contributed by atoms with Crippen LogP contribution in [0.2, 0.25) is 0 Å². The molecule has 1 aromatic rings. The van der Waals surface area contributed by atoms with Gasteiger partial charge < -0.3 is 10.8 Å². The smallest absolute Gasteiger partial charge is 0.314 e. The van der Waals surface area contributed by atoms with E-state index in [1.54, 1.807) is 19.9 Å². The van der Waals surface area contributed by atoms with Crippen LogP contribution in [0.25, 0.3) is 0 Å². The van der Waals surface area contributed by atoms with Crippen LogP contribution in [0.3, 0.4) is 0 Å². The standard InChI is InChI=1S/C10H12N4O3S/c1-5-3-7(4-12-13-10(11)18)9(15)8(6(5)2)14(16)17/h3-4,15H,1-2H3,(H3,11,13,18). The van der Waals surface area contributed by atoms with E-state index in [0.29, 0.717) is 11.1 Å². The number of hydrazone groups is 1. The molecule has 0 amide bonds. The molecule has 0 fully saturated rings. The summed E-state index contributed by atoms with van der Waals surface area (Å²) in [6.07, 6.45) is 1.22. The minimum atomic E-state index is -0.629. The Morgan fingerprint density at radius 1 is 1.67 bits per heavy atom. The van der Waals surface area contributed by atoms with Crippen LogP contribution in [-0.2, 0) is 0 Å². The zero-order valence-electron chi connectivity index (χ0n) is 9.80. The molecule has 0 aliphatic heterocycles. The number of nitrogens with two attached hydrogens (primary N) is 1. The molecule has 0 aliphatic carbocycles. The topological polar surface area (TPSA) is 114 Å². The van der Waals surface area contributed by atoms with Crippen molar-refractivity contribution < 1.29 is 10.0 Å². The van der Waals surface area contributed by atoms with Gasteiger partial charge in [-0.25, -0.2) is 0 Å². The number of aromatic hydroxyl groups is 1. The van der Waals surface area contributed by atoms with Gasteiger partial charge in [0.25, 0.3) is 0 Å². The normalized spacial score (nSPS) is 10.6. The molecular formula is C10H12N4O3S. The summed E-state index contributed by atoms with van der Waals surface area (Å²) < 4.78 is 0. The summed E-state index contributed by atoms with van der Waals surface area (Å²) >= 11 is 4.54. The Morgan fingerprint density at radius 2 is 2.28 bits per heavy atom. The maximum Gasteiger partial charge on any atom is 0.314 e. The van der Waals surface area contributed by atoms with Crippen LogP contribution in [0.5, 0.6) is 5.75 Å². The molecule has 0 aromatic heterocycles. The number of nitrogens with zero attached hydrogens (tertiary/aromatic N) is 2. The number of aryl methyl sites for hydroxylation is 1. The minimum absolute atomic E-state index is 0.0379. The van der Waals surface area contributed by atoms with Gasteiger partial charge in [-0.15, -0.1) is 0 Å². The average molecular weight is 268 g/mol. The van der Waals surface area contributed by atoms with Crippen LogP contribution in [0, 0.1) is 24.0 Å². The second kappa shape index (κ2) is 5.41. The molecule has 7 nitrogen and oxygen atoms in total. The number of thiocarbonyl (C=S) groups is 1. The van der Waals surface area contributed by atoms with E-state index in [2.05, 4.69) is 22.7 Å². The molecule has 1 rings (SSSR count). The first-order valence-corrected chi connectivity index (χ1v) is 5.31. The molecule has 0 radical (unpaired) electrons. The van der Waals surface area contributed by atoms with Crippen molar-refractivity contribution in [2.24, 2.45) is 10.8 Å². The summed E-state index contributed by atoms with van der Waals surface area (Å²) in [6, 6.07) is 1.59. The van der Waals surface area contributed by atoms with E-state index >= 15 is 0 Å². The number of phenols is 1. The lowest BCUT2D eigenvalue weighted by Crippen LogP contribution is -2.24. The lowest BCUT2D eigenvalue weighted by Gasteiger charge is -2.06. The van der Waals surface area contributed by atoms with E-state index in [9.17, 15) is 15.2 Å². The van der Waals surface area contributed by atoms with Gasteiger partial charge in [0.15, 0.2) is 5.11 Å². The molecule has 0 unspecified atom stereocenters. The summed E-state index contributed by atoms with van der Waals surface area (Å²) in [5.41, 5.74) is 8.44. The van der Waals surface area contributed by atoms with Crippen LogP contribution in [0.15, 0.2) is 11.2 Å². The van der Waals surface area contributed by atoms with E-state index in [4.69, 9.17) is 5.73 Å². The van der Waals surface area contributed by atoms with Crippen molar-refractivity contribution in [1.82, 2.24) is 5.43 Å². The largest absolute Gasteiger partial charge is 0.502 e. The quantitative estimate of drug-likeness (QED) is 0.327. The third-order valence-electron chi connectivity index (χ3n) is 2.38. The SMILES string of the molecule is Cc1cc(C=NNC(N)=S)c(O)c([N+](=O)[O-])c1C. The molecule has 0 aliphatic rings. The number of hydrogen-bond acceptors (Lipinski definition) is 5. The zero-order chi connectivity index (χ0) is 13.9. The molecule has 4 N–H and O–H groups in total. The van der Waals surface area contributed by atoms with E-state index in [1.807, 2.05) is 0 Å². The molecule has 0 saturated heterocycles. The van der Waals surface area contributed by atoms with Gasteiger partial charge in [0.05, 0.1) is 11.1 Å². The second-order valence-corrected chi connectivity index (χ2v) is 4.04.